The summed E-state index contributed by atoms with van der Waals surface area (Å²) in [6, 6.07) is 15.5. The molecule has 2 aromatic rings. The summed E-state index contributed by atoms with van der Waals surface area (Å²) in [5.74, 6) is -6.37. The Morgan fingerprint density at radius 3 is 1.93 bits per heavy atom. The third-order valence-electron chi connectivity index (χ3n) is 3.71. The SMILES string of the molecule is CN(C)C(=O)[C@@H](C(=O)Oc1ccccc1)[C@H](OC(=O)c1ccccc1)C(=O)O. The molecule has 0 aliphatic carbocycles. The molecular formula is C20H19NO7. The number of para-hydroxylation sites is 1. The molecule has 0 heterocycles. The van der Waals surface area contributed by atoms with E-state index >= 15 is 0 Å². The van der Waals surface area contributed by atoms with Crippen LogP contribution in [0.25, 0.3) is 0 Å². The molecule has 0 radical (unpaired) electrons. The lowest BCUT2D eigenvalue weighted by molar-refractivity contribution is -0.164. The molecule has 1 amide bonds. The first kappa shape index (κ1) is 20.6. The van der Waals surface area contributed by atoms with E-state index in [1.807, 2.05) is 0 Å². The molecule has 0 aromatic heterocycles. The van der Waals surface area contributed by atoms with Crippen LogP contribution in [0.3, 0.4) is 0 Å². The number of ether oxygens (including phenoxy) is 2. The van der Waals surface area contributed by atoms with Gasteiger partial charge in [-0.05, 0) is 24.3 Å². The van der Waals surface area contributed by atoms with Crippen LogP contribution in [0.15, 0.2) is 60.7 Å². The lowest BCUT2D eigenvalue weighted by Gasteiger charge is -2.24. The molecule has 0 saturated heterocycles. The summed E-state index contributed by atoms with van der Waals surface area (Å²) in [7, 11) is 2.70. The van der Waals surface area contributed by atoms with Crippen molar-refractivity contribution >= 4 is 23.8 Å². The van der Waals surface area contributed by atoms with E-state index in [9.17, 15) is 24.3 Å². The quantitative estimate of drug-likeness (QED) is 0.438. The van der Waals surface area contributed by atoms with Gasteiger partial charge in [-0.15, -0.1) is 0 Å². The number of carboxylic acids is 1. The highest BCUT2D eigenvalue weighted by Gasteiger charge is 2.44. The molecule has 0 saturated carbocycles. The monoisotopic (exact) mass is 385 g/mol. The normalized spacial score (nSPS) is 12.4. The number of aliphatic carboxylic acids is 1. The van der Waals surface area contributed by atoms with Gasteiger partial charge in [-0.1, -0.05) is 36.4 Å². The van der Waals surface area contributed by atoms with Gasteiger partial charge < -0.3 is 19.5 Å². The van der Waals surface area contributed by atoms with Crippen molar-refractivity contribution in [2.45, 2.75) is 6.10 Å². The molecule has 2 rings (SSSR count). The number of hydrogen-bond donors (Lipinski definition) is 1. The summed E-state index contributed by atoms with van der Waals surface area (Å²) in [6.45, 7) is 0. The van der Waals surface area contributed by atoms with Crippen LogP contribution in [0.2, 0.25) is 0 Å². The van der Waals surface area contributed by atoms with E-state index in [1.165, 1.54) is 38.4 Å². The number of carbonyl (C=O) groups excluding carboxylic acids is 3. The highest BCUT2D eigenvalue weighted by atomic mass is 16.6. The van der Waals surface area contributed by atoms with Crippen LogP contribution in [0, 0.1) is 5.92 Å². The van der Waals surface area contributed by atoms with Gasteiger partial charge in [-0.2, -0.15) is 0 Å². The number of hydrogen-bond acceptors (Lipinski definition) is 6. The fourth-order valence-electron chi connectivity index (χ4n) is 2.32. The number of carboxylic acid groups (broad SMARTS) is 1. The fraction of sp³-hybridized carbons (Fsp3) is 0.200. The van der Waals surface area contributed by atoms with Crippen molar-refractivity contribution in [2.75, 3.05) is 14.1 Å². The average Bonchev–Trinajstić information content (AvgIpc) is 2.68. The zero-order valence-corrected chi connectivity index (χ0v) is 15.3. The van der Waals surface area contributed by atoms with E-state index in [-0.39, 0.29) is 11.3 Å². The number of esters is 2. The molecule has 0 fully saturated rings. The van der Waals surface area contributed by atoms with Crippen molar-refractivity contribution in [3.05, 3.63) is 66.2 Å². The molecule has 0 aliphatic heterocycles. The van der Waals surface area contributed by atoms with Gasteiger partial charge in [0.2, 0.25) is 12.0 Å². The smallest absolute Gasteiger partial charge is 0.346 e. The maximum Gasteiger partial charge on any atom is 0.346 e. The molecule has 28 heavy (non-hydrogen) atoms. The summed E-state index contributed by atoms with van der Waals surface area (Å²) in [5, 5.41) is 9.53. The number of nitrogens with zero attached hydrogens (tertiary/aromatic N) is 1. The van der Waals surface area contributed by atoms with E-state index in [1.54, 1.807) is 36.4 Å². The van der Waals surface area contributed by atoms with E-state index in [4.69, 9.17) is 9.47 Å². The van der Waals surface area contributed by atoms with Gasteiger partial charge in [0.15, 0.2) is 5.92 Å². The van der Waals surface area contributed by atoms with E-state index < -0.39 is 35.8 Å². The molecule has 1 N–H and O–H groups in total. The minimum Gasteiger partial charge on any atom is -0.478 e. The summed E-state index contributed by atoms with van der Waals surface area (Å²) < 4.78 is 10.1. The second kappa shape index (κ2) is 9.31. The Morgan fingerprint density at radius 2 is 1.43 bits per heavy atom. The number of benzene rings is 2. The van der Waals surface area contributed by atoms with Gasteiger partial charge in [0, 0.05) is 14.1 Å². The highest BCUT2D eigenvalue weighted by Crippen LogP contribution is 2.19. The van der Waals surface area contributed by atoms with Crippen LogP contribution in [-0.4, -0.2) is 54.0 Å². The van der Waals surface area contributed by atoms with E-state index in [0.717, 1.165) is 4.90 Å². The van der Waals surface area contributed by atoms with Crippen LogP contribution in [0.4, 0.5) is 0 Å². The zero-order valence-electron chi connectivity index (χ0n) is 15.3. The van der Waals surface area contributed by atoms with Crippen LogP contribution >= 0.6 is 0 Å². The van der Waals surface area contributed by atoms with Crippen LogP contribution in [0.1, 0.15) is 10.4 Å². The first-order chi connectivity index (χ1) is 13.3. The van der Waals surface area contributed by atoms with Gasteiger partial charge in [0.25, 0.3) is 0 Å². The maximum atomic E-state index is 12.6. The fourth-order valence-corrected chi connectivity index (χ4v) is 2.32. The van der Waals surface area contributed by atoms with Crippen molar-refractivity contribution in [2.24, 2.45) is 5.92 Å². The van der Waals surface area contributed by atoms with Gasteiger partial charge >= 0.3 is 17.9 Å². The van der Waals surface area contributed by atoms with Crippen molar-refractivity contribution in [1.82, 2.24) is 4.90 Å². The molecule has 2 atom stereocenters. The van der Waals surface area contributed by atoms with Gasteiger partial charge in [-0.25, -0.2) is 9.59 Å². The molecule has 0 unspecified atom stereocenters. The standard InChI is InChI=1S/C20H19NO7/c1-21(2)17(22)15(20(26)27-14-11-7-4-8-12-14)16(18(23)24)28-19(25)13-9-5-3-6-10-13/h3-12,15-16H,1-2H3,(H,23,24)/t15-,16-/m0/s1. The third kappa shape index (κ3) is 5.16. The molecular weight excluding hydrogens is 366 g/mol. The second-order valence-corrected chi connectivity index (χ2v) is 5.97. The Morgan fingerprint density at radius 1 is 0.893 bits per heavy atom. The second-order valence-electron chi connectivity index (χ2n) is 5.97. The van der Waals surface area contributed by atoms with Gasteiger partial charge in [-0.3, -0.25) is 9.59 Å². The minimum absolute atomic E-state index is 0.0845. The lowest BCUT2D eigenvalue weighted by atomic mass is 10.0. The Balaban J connectivity index is 2.31. The van der Waals surface area contributed by atoms with Crippen LogP contribution in [-0.2, 0) is 19.1 Å². The van der Waals surface area contributed by atoms with Gasteiger partial charge in [0.1, 0.15) is 5.75 Å². The Bertz CT molecular complexity index is 849. The largest absolute Gasteiger partial charge is 0.478 e. The Labute approximate surface area is 161 Å². The molecule has 0 spiro atoms. The number of carbonyl (C=O) groups is 4. The first-order valence-electron chi connectivity index (χ1n) is 8.28. The highest BCUT2D eigenvalue weighted by molar-refractivity contribution is 6.03. The predicted octanol–water partition coefficient (Wildman–Crippen LogP) is 1.61. The van der Waals surface area contributed by atoms with E-state index in [2.05, 4.69) is 0 Å². The van der Waals surface area contributed by atoms with Crippen molar-refractivity contribution in [1.29, 1.82) is 0 Å². The molecule has 146 valence electrons. The van der Waals surface area contributed by atoms with Crippen molar-refractivity contribution in [3.8, 4) is 5.75 Å². The average molecular weight is 385 g/mol. The topological polar surface area (TPSA) is 110 Å². The number of amides is 1. The molecule has 0 bridgehead atoms. The van der Waals surface area contributed by atoms with Crippen LogP contribution < -0.4 is 4.74 Å². The zero-order chi connectivity index (χ0) is 20.7. The van der Waals surface area contributed by atoms with Crippen molar-refractivity contribution < 1.29 is 33.8 Å². The minimum atomic E-state index is -2.06. The maximum absolute atomic E-state index is 12.6. The summed E-state index contributed by atoms with van der Waals surface area (Å²) in [4.78, 5) is 50.1. The molecule has 8 nitrogen and oxygen atoms in total. The number of rotatable bonds is 7. The molecule has 8 heteroatoms. The molecule has 2 aromatic carbocycles. The Kier molecular flexibility index (Phi) is 6.86. The summed E-state index contributed by atoms with van der Waals surface area (Å²) >= 11 is 0. The van der Waals surface area contributed by atoms with Crippen LogP contribution in [0.5, 0.6) is 5.75 Å². The van der Waals surface area contributed by atoms with Crippen molar-refractivity contribution in [3.63, 3.8) is 0 Å². The first-order valence-corrected chi connectivity index (χ1v) is 8.28. The summed E-state index contributed by atoms with van der Waals surface area (Å²) in [6.07, 6.45) is -2.06. The molecule has 0 aliphatic rings. The van der Waals surface area contributed by atoms with E-state index in [0.29, 0.717) is 0 Å². The van der Waals surface area contributed by atoms with Gasteiger partial charge in [0.05, 0.1) is 5.56 Å². The Hall–Kier alpha value is -3.68. The summed E-state index contributed by atoms with van der Waals surface area (Å²) in [5.41, 5.74) is 0.0845. The predicted molar refractivity (Wildman–Crippen MR) is 97.5 cm³/mol. The lowest BCUT2D eigenvalue weighted by Crippen LogP contribution is -2.48. The third-order valence-corrected chi connectivity index (χ3v) is 3.71.